The first-order valence-corrected chi connectivity index (χ1v) is 9.35. The van der Waals surface area contributed by atoms with Gasteiger partial charge in [-0.15, -0.1) is 0 Å². The van der Waals surface area contributed by atoms with Crippen LogP contribution in [0.4, 0.5) is 10.5 Å². The number of hydrogen-bond acceptors (Lipinski definition) is 5. The molecule has 0 aliphatic carbocycles. The number of carboxylic acid groups (broad SMARTS) is 1. The number of aromatic carboxylic acids is 1. The number of ether oxygens (including phenoxy) is 1. The monoisotopic (exact) mass is 407 g/mol. The molecule has 30 heavy (non-hydrogen) atoms. The Balaban J connectivity index is 1.75. The Hall–Kier alpha value is -3.94. The summed E-state index contributed by atoms with van der Waals surface area (Å²) in [5, 5.41) is 11.6. The predicted molar refractivity (Wildman–Crippen MR) is 111 cm³/mol. The molecule has 1 aromatic heterocycles. The zero-order valence-corrected chi connectivity index (χ0v) is 16.4. The van der Waals surface area contributed by atoms with E-state index in [1.54, 1.807) is 43.5 Å². The Morgan fingerprint density at radius 2 is 1.90 bits per heavy atom. The highest BCUT2D eigenvalue weighted by Crippen LogP contribution is 2.13. The molecule has 8 nitrogen and oxygen atoms in total. The molecule has 0 spiro atoms. The minimum atomic E-state index is -0.979. The third-order valence-corrected chi connectivity index (χ3v) is 4.32. The van der Waals surface area contributed by atoms with Crippen LogP contribution in [0.15, 0.2) is 65.7 Å². The average molecular weight is 407 g/mol. The lowest BCUT2D eigenvalue weighted by Gasteiger charge is -2.10. The van der Waals surface area contributed by atoms with Crippen molar-refractivity contribution < 1.29 is 19.4 Å². The molecule has 8 heteroatoms. The first-order valence-electron chi connectivity index (χ1n) is 9.35. The third-order valence-electron chi connectivity index (χ3n) is 4.32. The van der Waals surface area contributed by atoms with E-state index in [1.807, 2.05) is 6.07 Å². The van der Waals surface area contributed by atoms with Gasteiger partial charge in [-0.25, -0.2) is 9.59 Å². The summed E-state index contributed by atoms with van der Waals surface area (Å²) in [4.78, 5) is 39.0. The van der Waals surface area contributed by atoms with Crippen molar-refractivity contribution >= 4 is 17.7 Å². The van der Waals surface area contributed by atoms with Gasteiger partial charge >= 0.3 is 12.1 Å². The zero-order chi connectivity index (χ0) is 21.5. The number of nitrogens with one attached hydrogen (secondary N) is 1. The second kappa shape index (κ2) is 9.51. The number of amides is 1. The third kappa shape index (κ3) is 5.54. The van der Waals surface area contributed by atoms with Gasteiger partial charge < -0.3 is 14.4 Å². The summed E-state index contributed by atoms with van der Waals surface area (Å²) in [6, 6.07) is 13.7. The van der Waals surface area contributed by atoms with Crippen LogP contribution in [0.25, 0.3) is 0 Å². The van der Waals surface area contributed by atoms with E-state index in [1.165, 1.54) is 22.9 Å². The van der Waals surface area contributed by atoms with Crippen molar-refractivity contribution in [1.82, 2.24) is 9.55 Å². The van der Waals surface area contributed by atoms with Crippen LogP contribution >= 0.6 is 0 Å². The van der Waals surface area contributed by atoms with Gasteiger partial charge in [0.25, 0.3) is 5.56 Å². The summed E-state index contributed by atoms with van der Waals surface area (Å²) in [6.07, 6.45) is 2.87. The maximum atomic E-state index is 12.2. The van der Waals surface area contributed by atoms with Crippen LogP contribution in [0, 0.1) is 0 Å². The molecule has 2 N–H and O–H groups in total. The molecule has 0 atom stereocenters. The van der Waals surface area contributed by atoms with Gasteiger partial charge in [0, 0.05) is 18.3 Å². The van der Waals surface area contributed by atoms with Crippen LogP contribution in [0.3, 0.4) is 0 Å². The molecule has 0 saturated heterocycles. The Morgan fingerprint density at radius 3 is 2.60 bits per heavy atom. The lowest BCUT2D eigenvalue weighted by molar-refractivity contribution is 0.0697. The molecule has 3 rings (SSSR count). The quantitative estimate of drug-likeness (QED) is 0.623. The maximum absolute atomic E-state index is 12.2. The van der Waals surface area contributed by atoms with Crippen molar-refractivity contribution in [2.45, 2.75) is 19.9 Å². The van der Waals surface area contributed by atoms with E-state index in [0.717, 1.165) is 11.1 Å². The number of carbonyl (C=O) groups is 2. The number of rotatable bonds is 7. The summed E-state index contributed by atoms with van der Waals surface area (Å²) in [6.45, 7) is 2.31. The highest BCUT2D eigenvalue weighted by atomic mass is 16.5. The minimum Gasteiger partial charge on any atom is -0.478 e. The molecule has 154 valence electrons. The van der Waals surface area contributed by atoms with Crippen LogP contribution in [0.2, 0.25) is 0 Å². The molecule has 1 amide bonds. The van der Waals surface area contributed by atoms with Crippen LogP contribution in [0.1, 0.15) is 34.1 Å². The molecule has 0 bridgehead atoms. The van der Waals surface area contributed by atoms with E-state index in [9.17, 15) is 14.4 Å². The normalized spacial score (nSPS) is 10.4. The Morgan fingerprint density at radius 1 is 1.13 bits per heavy atom. The van der Waals surface area contributed by atoms with Crippen LogP contribution < -0.4 is 10.9 Å². The van der Waals surface area contributed by atoms with Gasteiger partial charge in [-0.2, -0.15) is 0 Å². The molecule has 2 aromatic carbocycles. The van der Waals surface area contributed by atoms with E-state index < -0.39 is 12.1 Å². The molecule has 1 heterocycles. The van der Waals surface area contributed by atoms with Crippen molar-refractivity contribution in [3.63, 3.8) is 0 Å². The van der Waals surface area contributed by atoms with Crippen molar-refractivity contribution in [3.8, 4) is 0 Å². The molecule has 0 aliphatic heterocycles. The number of nitrogens with zero attached hydrogens (tertiary/aromatic N) is 2. The van der Waals surface area contributed by atoms with Crippen LogP contribution in [-0.4, -0.2) is 33.3 Å². The Labute approximate surface area is 172 Å². The first-order chi connectivity index (χ1) is 14.4. The first kappa shape index (κ1) is 20.8. The summed E-state index contributed by atoms with van der Waals surface area (Å²) in [5.41, 5.74) is 2.94. The second-order valence-corrected chi connectivity index (χ2v) is 6.57. The van der Waals surface area contributed by atoms with E-state index in [-0.39, 0.29) is 17.7 Å². The zero-order valence-electron chi connectivity index (χ0n) is 16.4. The lowest BCUT2D eigenvalue weighted by atomic mass is 10.1. The van der Waals surface area contributed by atoms with Gasteiger partial charge in [-0.05, 0) is 42.3 Å². The predicted octanol–water partition coefficient (Wildman–Crippen LogP) is 3.15. The molecular formula is C22H21N3O5. The number of carboxylic acids is 1. The highest BCUT2D eigenvalue weighted by Gasteiger charge is 2.07. The summed E-state index contributed by atoms with van der Waals surface area (Å²) >= 11 is 0. The van der Waals surface area contributed by atoms with E-state index >= 15 is 0 Å². The standard InChI is InChI=1S/C22H21N3O5/c1-2-30-22(29)24-18-5-3-4-16(11-18)13-25-14-19(23-12-20(25)26)10-15-6-8-17(9-7-15)21(27)28/h3-9,11-12,14H,2,10,13H2,1H3,(H,24,29)(H,27,28). The maximum Gasteiger partial charge on any atom is 0.411 e. The molecule has 3 aromatic rings. The van der Waals surface area contributed by atoms with E-state index in [0.29, 0.717) is 24.3 Å². The highest BCUT2D eigenvalue weighted by molar-refractivity contribution is 5.87. The molecule has 0 saturated carbocycles. The fraction of sp³-hybridized carbons (Fsp3) is 0.182. The molecule has 0 fully saturated rings. The largest absolute Gasteiger partial charge is 0.478 e. The van der Waals surface area contributed by atoms with Crippen LogP contribution in [0.5, 0.6) is 0 Å². The van der Waals surface area contributed by atoms with Gasteiger partial charge in [-0.1, -0.05) is 24.3 Å². The number of hydrogen-bond donors (Lipinski definition) is 2. The number of benzene rings is 2. The molecule has 0 radical (unpaired) electrons. The van der Waals surface area contributed by atoms with Crippen molar-refractivity contribution in [1.29, 1.82) is 0 Å². The van der Waals surface area contributed by atoms with Gasteiger partial charge in [-0.3, -0.25) is 15.1 Å². The number of anilines is 1. The molecule has 0 unspecified atom stereocenters. The van der Waals surface area contributed by atoms with Gasteiger partial charge in [0.1, 0.15) is 0 Å². The van der Waals surface area contributed by atoms with Crippen molar-refractivity contribution in [2.75, 3.05) is 11.9 Å². The van der Waals surface area contributed by atoms with E-state index in [4.69, 9.17) is 9.84 Å². The van der Waals surface area contributed by atoms with Crippen LogP contribution in [-0.2, 0) is 17.7 Å². The molecule has 0 aliphatic rings. The average Bonchev–Trinajstić information content (AvgIpc) is 2.71. The fourth-order valence-electron chi connectivity index (χ4n) is 2.91. The topological polar surface area (TPSA) is 111 Å². The van der Waals surface area contributed by atoms with E-state index in [2.05, 4.69) is 10.3 Å². The van der Waals surface area contributed by atoms with Crippen molar-refractivity contribution in [2.24, 2.45) is 0 Å². The fourth-order valence-corrected chi connectivity index (χ4v) is 2.91. The summed E-state index contributed by atoms with van der Waals surface area (Å²) < 4.78 is 6.41. The summed E-state index contributed by atoms with van der Waals surface area (Å²) in [5.74, 6) is -0.979. The van der Waals surface area contributed by atoms with Crippen molar-refractivity contribution in [3.05, 3.63) is 93.7 Å². The van der Waals surface area contributed by atoms with Gasteiger partial charge in [0.15, 0.2) is 0 Å². The van der Waals surface area contributed by atoms with Gasteiger partial charge in [0.05, 0.1) is 30.6 Å². The minimum absolute atomic E-state index is 0.216. The number of carbonyl (C=O) groups excluding carboxylic acids is 1. The molecular weight excluding hydrogens is 386 g/mol. The number of aromatic nitrogens is 2. The smallest absolute Gasteiger partial charge is 0.411 e. The SMILES string of the molecule is CCOC(=O)Nc1cccc(Cn2cc(Cc3ccc(C(=O)O)cc3)ncc2=O)c1. The second-order valence-electron chi connectivity index (χ2n) is 6.57. The Kier molecular flexibility index (Phi) is 6.59. The van der Waals surface area contributed by atoms with Gasteiger partial charge in [0.2, 0.25) is 0 Å². The lowest BCUT2D eigenvalue weighted by Crippen LogP contribution is -2.21. The summed E-state index contributed by atoms with van der Waals surface area (Å²) in [7, 11) is 0. The Bertz CT molecular complexity index is 1110.